The molecule has 6 nitrogen and oxygen atoms in total. The molecule has 47 heavy (non-hydrogen) atoms. The SMILES string of the molecule is COc1ccc(CCC(=O)O)cc1C1=CCC=C(C(F)(F)F)C=C1.O=C1OC(c2cc(C(F)(F)F)cc(C(F)(F)F)c2)C2CCCN12. The van der Waals surface area contributed by atoms with Crippen molar-refractivity contribution < 1.29 is 63.7 Å². The lowest BCUT2D eigenvalue weighted by Crippen LogP contribution is -2.27. The second kappa shape index (κ2) is 13.7. The smallest absolute Gasteiger partial charge is 0.416 e. The average molecular weight is 678 g/mol. The minimum atomic E-state index is -4.92. The number of rotatable bonds is 6. The maximum Gasteiger partial charge on any atom is 0.416 e. The molecule has 0 saturated carbocycles. The number of benzene rings is 2. The fourth-order valence-electron chi connectivity index (χ4n) is 5.45. The molecule has 1 amide bonds. The zero-order valence-corrected chi connectivity index (χ0v) is 24.6. The van der Waals surface area contributed by atoms with Crippen molar-refractivity contribution in [1.82, 2.24) is 4.90 Å². The van der Waals surface area contributed by atoms with Gasteiger partial charge in [0.1, 0.15) is 11.9 Å². The lowest BCUT2D eigenvalue weighted by Gasteiger charge is -2.20. The first kappa shape index (κ1) is 35.4. The van der Waals surface area contributed by atoms with Crippen LogP contribution in [-0.4, -0.2) is 47.9 Å². The topological polar surface area (TPSA) is 76.1 Å². The van der Waals surface area contributed by atoms with Crippen LogP contribution in [0.4, 0.5) is 44.3 Å². The van der Waals surface area contributed by atoms with E-state index in [-0.39, 0.29) is 24.5 Å². The molecule has 2 fully saturated rings. The van der Waals surface area contributed by atoms with E-state index in [0.717, 1.165) is 17.7 Å². The Kier molecular flexibility index (Phi) is 10.4. The number of carboxylic acids is 1. The van der Waals surface area contributed by atoms with Crippen molar-refractivity contribution in [1.29, 1.82) is 0 Å². The highest BCUT2D eigenvalue weighted by atomic mass is 19.4. The molecular formula is C32H28F9NO5. The highest BCUT2D eigenvalue weighted by Gasteiger charge is 2.47. The number of hydrogen-bond donors (Lipinski definition) is 1. The molecule has 0 bridgehead atoms. The van der Waals surface area contributed by atoms with Crippen molar-refractivity contribution in [2.45, 2.75) is 62.8 Å². The molecule has 2 unspecified atom stereocenters. The number of ether oxygens (including phenoxy) is 2. The number of aryl methyl sites for hydroxylation is 1. The number of carbonyl (C=O) groups excluding carboxylic acids is 1. The van der Waals surface area contributed by atoms with Crippen molar-refractivity contribution in [3.05, 3.63) is 94.1 Å². The van der Waals surface area contributed by atoms with Crippen LogP contribution in [0.15, 0.2) is 66.3 Å². The molecule has 0 spiro atoms. The molecule has 2 atom stereocenters. The number of cyclic esters (lactones) is 1. The molecule has 2 aromatic rings. The third-order valence-corrected chi connectivity index (χ3v) is 7.70. The van der Waals surface area contributed by atoms with Crippen LogP contribution in [-0.2, 0) is 28.3 Å². The summed E-state index contributed by atoms with van der Waals surface area (Å²) in [5, 5.41) is 8.78. The Hall–Kier alpha value is -4.43. The van der Waals surface area contributed by atoms with Gasteiger partial charge in [0, 0.05) is 18.5 Å². The molecule has 0 radical (unpaired) electrons. The lowest BCUT2D eigenvalue weighted by atomic mass is 9.96. The summed E-state index contributed by atoms with van der Waals surface area (Å²) in [7, 11) is 1.48. The Morgan fingerprint density at radius 1 is 0.936 bits per heavy atom. The minimum absolute atomic E-state index is 0.0135. The van der Waals surface area contributed by atoms with Crippen molar-refractivity contribution in [2.24, 2.45) is 0 Å². The summed E-state index contributed by atoms with van der Waals surface area (Å²) in [6.07, 6.45) is -9.18. The largest absolute Gasteiger partial charge is 0.496 e. The first-order valence-corrected chi connectivity index (χ1v) is 14.2. The van der Waals surface area contributed by atoms with E-state index in [4.69, 9.17) is 14.6 Å². The molecular weight excluding hydrogens is 649 g/mol. The number of fused-ring (bicyclic) bond motifs is 1. The van der Waals surface area contributed by atoms with Crippen LogP contribution in [0.5, 0.6) is 5.75 Å². The van der Waals surface area contributed by atoms with E-state index in [1.54, 1.807) is 24.3 Å². The van der Waals surface area contributed by atoms with Gasteiger partial charge in [0.25, 0.3) is 0 Å². The molecule has 1 N–H and O–H groups in total. The van der Waals surface area contributed by atoms with Crippen LogP contribution in [0.3, 0.4) is 0 Å². The third-order valence-electron chi connectivity index (χ3n) is 7.70. The zero-order valence-electron chi connectivity index (χ0n) is 24.6. The molecule has 2 saturated heterocycles. The van der Waals surface area contributed by atoms with Crippen LogP contribution in [0.1, 0.15) is 59.6 Å². The van der Waals surface area contributed by atoms with Crippen LogP contribution in [0.25, 0.3) is 5.57 Å². The molecule has 1 aliphatic carbocycles. The molecule has 2 heterocycles. The quantitative estimate of drug-likeness (QED) is 0.309. The number of amides is 1. The number of carbonyl (C=O) groups is 2. The van der Waals surface area contributed by atoms with Crippen LogP contribution >= 0.6 is 0 Å². The molecule has 0 aromatic heterocycles. The Morgan fingerprint density at radius 2 is 1.60 bits per heavy atom. The number of allylic oxidation sites excluding steroid dienone is 6. The number of alkyl halides is 9. The lowest BCUT2D eigenvalue weighted by molar-refractivity contribution is -0.143. The number of halogens is 9. The summed E-state index contributed by atoms with van der Waals surface area (Å²) >= 11 is 0. The minimum Gasteiger partial charge on any atom is -0.496 e. The zero-order chi connectivity index (χ0) is 34.7. The van der Waals surface area contributed by atoms with Gasteiger partial charge in [-0.3, -0.25) is 4.79 Å². The summed E-state index contributed by atoms with van der Waals surface area (Å²) in [6, 6.07) is 6.00. The van der Waals surface area contributed by atoms with Crippen molar-refractivity contribution in [3.8, 4) is 5.75 Å². The van der Waals surface area contributed by atoms with Gasteiger partial charge in [0.05, 0.1) is 29.9 Å². The van der Waals surface area contributed by atoms with Gasteiger partial charge < -0.3 is 19.5 Å². The van der Waals surface area contributed by atoms with Gasteiger partial charge in [-0.2, -0.15) is 39.5 Å². The Bertz CT molecular complexity index is 1560. The first-order valence-electron chi connectivity index (χ1n) is 14.2. The Balaban J connectivity index is 0.000000213. The monoisotopic (exact) mass is 677 g/mol. The van der Waals surface area contributed by atoms with Gasteiger partial charge >= 0.3 is 30.6 Å². The summed E-state index contributed by atoms with van der Waals surface area (Å²) in [4.78, 5) is 23.7. The number of hydrogen-bond acceptors (Lipinski definition) is 4. The number of carboxylic acid groups (broad SMARTS) is 1. The van der Waals surface area contributed by atoms with Gasteiger partial charge in [0.2, 0.25) is 0 Å². The first-order chi connectivity index (χ1) is 21.9. The second-order valence-electron chi connectivity index (χ2n) is 10.9. The molecule has 254 valence electrons. The molecule has 2 aliphatic heterocycles. The predicted molar refractivity (Wildman–Crippen MR) is 150 cm³/mol. The Labute approximate surface area is 262 Å². The molecule has 3 aliphatic rings. The van der Waals surface area contributed by atoms with Crippen LogP contribution < -0.4 is 4.74 Å². The van der Waals surface area contributed by atoms with Gasteiger partial charge in [0.15, 0.2) is 0 Å². The van der Waals surface area contributed by atoms with Crippen LogP contribution in [0, 0.1) is 0 Å². The Morgan fingerprint density at radius 3 is 2.17 bits per heavy atom. The van der Waals surface area contributed by atoms with Crippen molar-refractivity contribution in [3.63, 3.8) is 0 Å². The maximum atomic E-state index is 12.9. The normalized spacial score (nSPS) is 19.6. The van der Waals surface area contributed by atoms with E-state index in [1.807, 2.05) is 0 Å². The number of aliphatic carboxylic acids is 1. The second-order valence-corrected chi connectivity index (χ2v) is 10.9. The average Bonchev–Trinajstić information content (AvgIpc) is 3.49. The van der Waals surface area contributed by atoms with Crippen LogP contribution in [0.2, 0.25) is 0 Å². The van der Waals surface area contributed by atoms with E-state index < -0.39 is 59.4 Å². The maximum absolute atomic E-state index is 12.9. The summed E-state index contributed by atoms with van der Waals surface area (Å²) < 4.78 is 126. The van der Waals surface area contributed by atoms with E-state index in [1.165, 1.54) is 18.1 Å². The van der Waals surface area contributed by atoms with Gasteiger partial charge in [-0.05, 0) is 78.8 Å². The summed E-state index contributed by atoms with van der Waals surface area (Å²) in [6.45, 7) is 0.394. The van der Waals surface area contributed by atoms with Crippen molar-refractivity contribution in [2.75, 3.05) is 13.7 Å². The van der Waals surface area contributed by atoms with E-state index in [0.29, 0.717) is 54.8 Å². The summed E-state index contributed by atoms with van der Waals surface area (Å²) in [5.74, 6) is -0.375. The van der Waals surface area contributed by atoms with E-state index in [9.17, 15) is 49.1 Å². The molecule has 15 heteroatoms. The number of nitrogens with zero attached hydrogens (tertiary/aromatic N) is 1. The van der Waals surface area contributed by atoms with E-state index >= 15 is 0 Å². The third kappa shape index (κ3) is 8.69. The van der Waals surface area contributed by atoms with Gasteiger partial charge in [-0.25, -0.2) is 4.79 Å². The fourth-order valence-corrected chi connectivity index (χ4v) is 5.45. The molecule has 2 aromatic carbocycles. The highest BCUT2D eigenvalue weighted by molar-refractivity contribution is 5.79. The van der Waals surface area contributed by atoms with Crippen molar-refractivity contribution >= 4 is 17.6 Å². The standard InChI is InChI=1S/C18H17F3O3.C14H11F6NO2/c1-24-16-9-5-12(6-10-17(22)23)11-15(16)13-3-2-4-14(8-7-13)18(19,20)21;15-13(16,17)8-4-7(5-9(6-8)14(18,19)20)11-10-2-1-3-21(10)12(22)23-11/h3-5,7-9,11H,2,6,10H2,1H3,(H,22,23);4-6,10-11H,1-3H2. The molecule has 5 rings (SSSR count). The van der Waals surface area contributed by atoms with E-state index in [2.05, 4.69) is 0 Å². The fraction of sp³-hybridized carbons (Fsp3) is 0.375. The highest BCUT2D eigenvalue weighted by Crippen LogP contribution is 2.43. The predicted octanol–water partition coefficient (Wildman–Crippen LogP) is 8.92. The van der Waals surface area contributed by atoms with Gasteiger partial charge in [-0.1, -0.05) is 24.3 Å². The number of methoxy groups -OCH3 is 1. The summed E-state index contributed by atoms with van der Waals surface area (Å²) in [5.41, 5.74) is -1.74. The van der Waals surface area contributed by atoms with Gasteiger partial charge in [-0.15, -0.1) is 0 Å².